The average molecular weight is 523 g/mol. The quantitative estimate of drug-likeness (QED) is 0.538. The Morgan fingerprint density at radius 3 is 2.81 bits per heavy atom. The summed E-state index contributed by atoms with van der Waals surface area (Å²) >= 11 is 4.79. The van der Waals surface area contributed by atoms with Gasteiger partial charge in [-0.1, -0.05) is 22.0 Å². The fourth-order valence-corrected chi connectivity index (χ4v) is 4.80. The van der Waals surface area contributed by atoms with E-state index in [1.165, 1.54) is 23.5 Å². The first kappa shape index (κ1) is 22.6. The normalized spacial score (nSPS) is 19.2. The summed E-state index contributed by atoms with van der Waals surface area (Å²) in [4.78, 5) is 35.2. The number of carboxylic acid groups (broad SMARTS) is 1. The number of nitrogens with one attached hydrogen (secondary N) is 1. The van der Waals surface area contributed by atoms with E-state index in [-0.39, 0.29) is 6.61 Å². The smallest absolute Gasteiger partial charge is 0.338 e. The molecule has 32 heavy (non-hydrogen) atoms. The van der Waals surface area contributed by atoms with Gasteiger partial charge in [-0.25, -0.2) is 14.2 Å². The lowest BCUT2D eigenvalue weighted by molar-refractivity contribution is -0.147. The summed E-state index contributed by atoms with van der Waals surface area (Å²) in [6.07, 6.45) is 1.66. The molecular weight excluding hydrogens is 503 g/mol. The van der Waals surface area contributed by atoms with E-state index in [1.807, 2.05) is 10.3 Å². The van der Waals surface area contributed by atoms with E-state index in [9.17, 15) is 19.1 Å². The van der Waals surface area contributed by atoms with E-state index in [0.717, 1.165) is 0 Å². The number of aliphatic carboxylic acids is 1. The van der Waals surface area contributed by atoms with Crippen LogP contribution in [0.2, 0.25) is 0 Å². The fourth-order valence-electron chi connectivity index (χ4n) is 3.65. The summed E-state index contributed by atoms with van der Waals surface area (Å²) in [5.74, 6) is -1.73. The summed E-state index contributed by atoms with van der Waals surface area (Å²) in [6.45, 7) is 2.98. The lowest BCUT2D eigenvalue weighted by Crippen LogP contribution is -2.52. The summed E-state index contributed by atoms with van der Waals surface area (Å²) in [7, 11) is 0. The monoisotopic (exact) mass is 522 g/mol. The minimum atomic E-state index is -0.837. The molecule has 1 aromatic heterocycles. The zero-order valence-corrected chi connectivity index (χ0v) is 19.5. The molecule has 1 atom stereocenters. The van der Waals surface area contributed by atoms with E-state index in [4.69, 9.17) is 9.73 Å². The van der Waals surface area contributed by atoms with Crippen LogP contribution in [0.25, 0.3) is 0 Å². The van der Waals surface area contributed by atoms with Gasteiger partial charge >= 0.3 is 11.9 Å². The van der Waals surface area contributed by atoms with Gasteiger partial charge in [0.1, 0.15) is 11.9 Å². The van der Waals surface area contributed by atoms with Crippen LogP contribution in [0, 0.1) is 11.7 Å². The van der Waals surface area contributed by atoms with Crippen LogP contribution in [-0.4, -0.2) is 59.0 Å². The van der Waals surface area contributed by atoms with Gasteiger partial charge in [-0.3, -0.25) is 14.7 Å². The number of aliphatic imine (C=N–C) groups is 1. The summed E-state index contributed by atoms with van der Waals surface area (Å²) in [6, 6.07) is 3.47. The number of nitrogens with zero attached hydrogens (tertiary/aromatic N) is 3. The Hall–Kier alpha value is -2.63. The van der Waals surface area contributed by atoms with Gasteiger partial charge in [0.25, 0.3) is 0 Å². The molecule has 0 amide bonds. The van der Waals surface area contributed by atoms with E-state index >= 15 is 0 Å². The van der Waals surface area contributed by atoms with Crippen LogP contribution in [0.5, 0.6) is 0 Å². The number of esters is 1. The number of ether oxygens (including phenoxy) is 1. The van der Waals surface area contributed by atoms with E-state index in [2.05, 4.69) is 26.2 Å². The van der Waals surface area contributed by atoms with Gasteiger partial charge in [0.2, 0.25) is 0 Å². The lowest BCUT2D eigenvalue weighted by Gasteiger charge is -2.38. The standard InChI is InChI=1S/C21H20BrFN4O4S/c1-2-31-21(30)16-15(10-27-8-11(9-27)20(28)29)25-18(19-24-5-6-32-19)26-17(16)13-4-3-12(23)7-14(13)22/h3-7,11,17H,2,8-10H2,1H3,(H,25,26)(H,28,29). The van der Waals surface area contributed by atoms with Crippen molar-refractivity contribution in [1.82, 2.24) is 15.2 Å². The van der Waals surface area contributed by atoms with Crippen molar-refractivity contribution in [2.45, 2.75) is 13.0 Å². The molecule has 0 saturated carbocycles. The number of hydrogen-bond acceptors (Lipinski definition) is 8. The predicted molar refractivity (Wildman–Crippen MR) is 120 cm³/mol. The van der Waals surface area contributed by atoms with Crippen LogP contribution in [0.1, 0.15) is 23.5 Å². The third-order valence-electron chi connectivity index (χ3n) is 5.20. The molecule has 2 aliphatic rings. The van der Waals surface area contributed by atoms with Crippen molar-refractivity contribution in [3.8, 4) is 0 Å². The fraction of sp³-hybridized carbons (Fsp3) is 0.333. The van der Waals surface area contributed by atoms with Gasteiger partial charge in [-0.15, -0.1) is 11.3 Å². The number of likely N-dealkylation sites (tertiary alicyclic amines) is 1. The molecule has 2 N–H and O–H groups in total. The van der Waals surface area contributed by atoms with Crippen molar-refractivity contribution in [2.24, 2.45) is 10.9 Å². The van der Waals surface area contributed by atoms with Crippen LogP contribution < -0.4 is 5.32 Å². The predicted octanol–water partition coefficient (Wildman–Crippen LogP) is 2.97. The highest BCUT2D eigenvalue weighted by Crippen LogP contribution is 2.37. The molecule has 1 aromatic carbocycles. The molecule has 168 valence electrons. The molecule has 0 bridgehead atoms. The molecule has 1 unspecified atom stereocenters. The highest BCUT2D eigenvalue weighted by molar-refractivity contribution is 9.10. The third kappa shape index (κ3) is 4.59. The summed E-state index contributed by atoms with van der Waals surface area (Å²) in [5, 5.41) is 14.9. The second-order valence-electron chi connectivity index (χ2n) is 7.35. The minimum absolute atomic E-state index is 0.181. The minimum Gasteiger partial charge on any atom is -0.481 e. The Morgan fingerprint density at radius 1 is 1.41 bits per heavy atom. The topological polar surface area (TPSA) is 104 Å². The van der Waals surface area contributed by atoms with Gasteiger partial charge in [0, 0.05) is 41.4 Å². The van der Waals surface area contributed by atoms with Gasteiger partial charge < -0.3 is 15.2 Å². The average Bonchev–Trinajstić information content (AvgIpc) is 3.24. The zero-order valence-electron chi connectivity index (χ0n) is 17.0. The molecule has 3 heterocycles. The van der Waals surface area contributed by atoms with Crippen molar-refractivity contribution < 1.29 is 23.8 Å². The molecule has 1 fully saturated rings. The first-order valence-corrected chi connectivity index (χ1v) is 11.6. The SMILES string of the molecule is CCOC(=O)C1=C(CN2CC(C(=O)O)C2)NC(c2nccs2)=NC1c1ccc(F)cc1Br. The molecule has 11 heteroatoms. The second-order valence-corrected chi connectivity index (χ2v) is 9.10. The van der Waals surface area contributed by atoms with E-state index < -0.39 is 29.7 Å². The number of halogens is 2. The van der Waals surface area contributed by atoms with Crippen LogP contribution in [0.4, 0.5) is 4.39 Å². The van der Waals surface area contributed by atoms with Crippen molar-refractivity contribution in [2.75, 3.05) is 26.2 Å². The Bertz CT molecular complexity index is 1100. The molecule has 0 radical (unpaired) electrons. The molecule has 8 nitrogen and oxygen atoms in total. The van der Waals surface area contributed by atoms with E-state index in [0.29, 0.717) is 51.8 Å². The van der Waals surface area contributed by atoms with Gasteiger partial charge in [0.15, 0.2) is 10.8 Å². The Labute approximate surface area is 195 Å². The number of benzene rings is 1. The third-order valence-corrected chi connectivity index (χ3v) is 6.67. The molecule has 0 spiro atoms. The molecule has 0 aliphatic carbocycles. The molecular formula is C21H20BrFN4O4S. The maximum Gasteiger partial charge on any atom is 0.338 e. The summed E-state index contributed by atoms with van der Waals surface area (Å²) in [5.41, 5.74) is 1.47. The number of carbonyl (C=O) groups excluding carboxylic acids is 1. The van der Waals surface area contributed by atoms with Crippen LogP contribution in [-0.2, 0) is 14.3 Å². The van der Waals surface area contributed by atoms with Crippen molar-refractivity contribution in [3.63, 3.8) is 0 Å². The van der Waals surface area contributed by atoms with Crippen LogP contribution >= 0.6 is 27.3 Å². The number of amidine groups is 1. The number of hydrogen-bond donors (Lipinski definition) is 2. The molecule has 2 aromatic rings. The molecule has 1 saturated heterocycles. The zero-order chi connectivity index (χ0) is 22.8. The first-order chi connectivity index (χ1) is 15.4. The number of rotatable bonds is 7. The summed E-state index contributed by atoms with van der Waals surface area (Å²) < 4.78 is 19.5. The Balaban J connectivity index is 1.77. The van der Waals surface area contributed by atoms with Crippen LogP contribution in [0.15, 0.2) is 50.5 Å². The van der Waals surface area contributed by atoms with Crippen molar-refractivity contribution in [3.05, 3.63) is 61.9 Å². The van der Waals surface area contributed by atoms with Gasteiger partial charge in [-0.05, 0) is 24.6 Å². The van der Waals surface area contributed by atoms with Gasteiger partial charge in [0.05, 0.1) is 18.1 Å². The first-order valence-electron chi connectivity index (χ1n) is 9.92. The number of carboxylic acids is 1. The van der Waals surface area contributed by atoms with Crippen molar-refractivity contribution >= 4 is 45.0 Å². The lowest BCUT2D eigenvalue weighted by atomic mass is 9.94. The Morgan fingerprint density at radius 2 is 2.19 bits per heavy atom. The largest absolute Gasteiger partial charge is 0.481 e. The van der Waals surface area contributed by atoms with Gasteiger partial charge in [-0.2, -0.15) is 0 Å². The maximum absolute atomic E-state index is 13.8. The highest BCUT2D eigenvalue weighted by Gasteiger charge is 2.38. The Kier molecular flexibility index (Phi) is 6.68. The van der Waals surface area contributed by atoms with Crippen LogP contribution in [0.3, 0.4) is 0 Å². The molecule has 4 rings (SSSR count). The van der Waals surface area contributed by atoms with Crippen molar-refractivity contribution in [1.29, 1.82) is 0 Å². The number of carbonyl (C=O) groups is 2. The highest BCUT2D eigenvalue weighted by atomic mass is 79.9. The molecule has 2 aliphatic heterocycles. The number of aromatic nitrogens is 1. The number of thiazole rings is 1. The second kappa shape index (κ2) is 9.47. The van der Waals surface area contributed by atoms with E-state index in [1.54, 1.807) is 19.2 Å². The maximum atomic E-state index is 13.8.